The Morgan fingerprint density at radius 3 is 2.93 bits per heavy atom. The van der Waals surface area contributed by atoms with Crippen LogP contribution in [0.2, 0.25) is 0 Å². The van der Waals surface area contributed by atoms with Crippen molar-refractivity contribution in [3.63, 3.8) is 0 Å². The summed E-state index contributed by atoms with van der Waals surface area (Å²) < 4.78 is 12.1. The zero-order chi connectivity index (χ0) is 19.6. The van der Waals surface area contributed by atoms with E-state index in [0.717, 1.165) is 86.2 Å². The first kappa shape index (κ1) is 19.0. The molecular weight excluding hydrogens is 386 g/mol. The lowest BCUT2D eigenvalue weighted by molar-refractivity contribution is 0.122. The summed E-state index contributed by atoms with van der Waals surface area (Å²) in [6, 6.07) is 0. The highest BCUT2D eigenvalue weighted by molar-refractivity contribution is 7.26. The molecule has 1 saturated heterocycles. The fourth-order valence-electron chi connectivity index (χ4n) is 4.37. The maximum atomic E-state index is 5.55. The molecule has 0 amide bonds. The summed E-state index contributed by atoms with van der Waals surface area (Å²) in [4.78, 5) is 17.8. The summed E-state index contributed by atoms with van der Waals surface area (Å²) in [5.74, 6) is 2.08. The average Bonchev–Trinajstić information content (AvgIpc) is 3.38. The summed E-state index contributed by atoms with van der Waals surface area (Å²) >= 11 is 1.71. The second-order valence-corrected chi connectivity index (χ2v) is 8.50. The number of hydrogen-bond donors (Lipinski definition) is 1. The summed E-state index contributed by atoms with van der Waals surface area (Å²) in [6.07, 6.45) is 6.04. The van der Waals surface area contributed by atoms with Crippen molar-refractivity contribution in [1.29, 1.82) is 0 Å². The highest BCUT2D eigenvalue weighted by atomic mass is 32.1. The summed E-state index contributed by atoms with van der Waals surface area (Å²) in [5.41, 5.74) is 3.92. The Balaban J connectivity index is 1.54. The molecule has 0 unspecified atom stereocenters. The Morgan fingerprint density at radius 1 is 1.21 bits per heavy atom. The maximum absolute atomic E-state index is 5.55. The van der Waals surface area contributed by atoms with Gasteiger partial charge in [0.1, 0.15) is 22.8 Å². The summed E-state index contributed by atoms with van der Waals surface area (Å²) in [6.45, 7) is 7.79. The molecular formula is C21H27N5O2S. The van der Waals surface area contributed by atoms with Gasteiger partial charge in [0, 0.05) is 38.2 Å². The fourth-order valence-corrected chi connectivity index (χ4v) is 5.49. The van der Waals surface area contributed by atoms with E-state index >= 15 is 0 Å². The lowest BCUT2D eigenvalue weighted by atomic mass is 10.1. The van der Waals surface area contributed by atoms with Gasteiger partial charge in [0.15, 0.2) is 0 Å². The minimum atomic E-state index is 0.760. The number of pyridine rings is 1. The topological polar surface area (TPSA) is 72.4 Å². The molecule has 0 bridgehead atoms. The molecule has 1 aliphatic carbocycles. The lowest BCUT2D eigenvalue weighted by Gasteiger charge is -2.29. The van der Waals surface area contributed by atoms with Gasteiger partial charge in [0.25, 0.3) is 0 Å². The molecule has 1 fully saturated rings. The minimum Gasteiger partial charge on any atom is -0.382 e. The standard InChI is InChI=1S/C21H27N5O2S/c1-2-27-10-4-7-22-19-18-17(23-13-24-19)16-14-5-3-6-15(14)20(25-21(16)29-18)26-8-11-28-12-9-26/h13H,2-12H2,1H3,(H,22,23,24). The van der Waals surface area contributed by atoms with Gasteiger partial charge in [-0.2, -0.15) is 0 Å². The molecule has 154 valence electrons. The van der Waals surface area contributed by atoms with E-state index in [0.29, 0.717) is 0 Å². The van der Waals surface area contributed by atoms with Gasteiger partial charge in [-0.1, -0.05) is 0 Å². The first-order chi connectivity index (χ1) is 14.4. The summed E-state index contributed by atoms with van der Waals surface area (Å²) in [7, 11) is 0. The Morgan fingerprint density at radius 2 is 2.07 bits per heavy atom. The van der Waals surface area contributed by atoms with Crippen molar-refractivity contribution in [3.05, 3.63) is 17.5 Å². The summed E-state index contributed by atoms with van der Waals surface area (Å²) in [5, 5.41) is 4.72. The number of ether oxygens (including phenoxy) is 2. The highest BCUT2D eigenvalue weighted by Gasteiger charge is 2.27. The van der Waals surface area contributed by atoms with Crippen molar-refractivity contribution < 1.29 is 9.47 Å². The predicted octanol–water partition coefficient (Wildman–Crippen LogP) is 3.40. The van der Waals surface area contributed by atoms with Crippen LogP contribution in [0, 0.1) is 0 Å². The monoisotopic (exact) mass is 413 g/mol. The number of morpholine rings is 1. The number of thiophene rings is 1. The Kier molecular flexibility index (Phi) is 5.48. The normalized spacial score (nSPS) is 16.7. The Labute approximate surface area is 174 Å². The van der Waals surface area contributed by atoms with Crippen molar-refractivity contribution in [2.75, 3.05) is 56.3 Å². The number of nitrogens with one attached hydrogen (secondary N) is 1. The van der Waals surface area contributed by atoms with Crippen LogP contribution in [-0.2, 0) is 22.3 Å². The third kappa shape index (κ3) is 3.53. The quantitative estimate of drug-likeness (QED) is 0.595. The molecule has 0 atom stereocenters. The number of anilines is 2. The van der Waals surface area contributed by atoms with Gasteiger partial charge in [-0.25, -0.2) is 15.0 Å². The van der Waals surface area contributed by atoms with Crippen LogP contribution in [-0.4, -0.2) is 61.0 Å². The predicted molar refractivity (Wildman–Crippen MR) is 117 cm³/mol. The Hall–Kier alpha value is -2.03. The number of fused-ring (bicyclic) bond motifs is 5. The Bertz CT molecular complexity index is 1020. The molecule has 3 aromatic rings. The SMILES string of the molecule is CCOCCCNc1ncnc2c1sc1nc(N3CCOCC3)c3c(c12)CCC3. The first-order valence-electron chi connectivity index (χ1n) is 10.6. The third-order valence-electron chi connectivity index (χ3n) is 5.72. The van der Waals surface area contributed by atoms with Crippen molar-refractivity contribution >= 4 is 43.4 Å². The minimum absolute atomic E-state index is 0.760. The van der Waals surface area contributed by atoms with Crippen LogP contribution in [0.1, 0.15) is 30.9 Å². The van der Waals surface area contributed by atoms with Gasteiger partial charge in [-0.3, -0.25) is 0 Å². The van der Waals surface area contributed by atoms with Gasteiger partial charge in [-0.15, -0.1) is 11.3 Å². The van der Waals surface area contributed by atoms with Crippen molar-refractivity contribution in [1.82, 2.24) is 15.0 Å². The van der Waals surface area contributed by atoms with Gasteiger partial charge < -0.3 is 19.7 Å². The zero-order valence-electron chi connectivity index (χ0n) is 16.9. The number of rotatable bonds is 7. The van der Waals surface area contributed by atoms with Gasteiger partial charge in [0.2, 0.25) is 0 Å². The molecule has 1 aliphatic heterocycles. The highest BCUT2D eigenvalue weighted by Crippen LogP contribution is 2.43. The van der Waals surface area contributed by atoms with Crippen molar-refractivity contribution in [3.8, 4) is 0 Å². The van der Waals surface area contributed by atoms with E-state index in [9.17, 15) is 0 Å². The van der Waals surface area contributed by atoms with Crippen LogP contribution in [0.25, 0.3) is 20.4 Å². The second kappa shape index (κ2) is 8.38. The molecule has 0 aromatic carbocycles. The molecule has 1 N–H and O–H groups in total. The molecule has 2 aliphatic rings. The van der Waals surface area contributed by atoms with E-state index < -0.39 is 0 Å². The molecule has 5 rings (SSSR count). The third-order valence-corrected chi connectivity index (χ3v) is 6.80. The number of hydrogen-bond acceptors (Lipinski definition) is 8. The van der Waals surface area contributed by atoms with E-state index in [1.54, 1.807) is 17.7 Å². The maximum Gasteiger partial charge on any atom is 0.147 e. The van der Waals surface area contributed by atoms with Crippen molar-refractivity contribution in [2.24, 2.45) is 0 Å². The zero-order valence-corrected chi connectivity index (χ0v) is 17.7. The van der Waals surface area contributed by atoms with Gasteiger partial charge in [0.05, 0.1) is 23.4 Å². The second-order valence-electron chi connectivity index (χ2n) is 7.50. The lowest BCUT2D eigenvalue weighted by Crippen LogP contribution is -2.37. The van der Waals surface area contributed by atoms with E-state index in [-0.39, 0.29) is 0 Å². The first-order valence-corrected chi connectivity index (χ1v) is 11.4. The molecule has 0 radical (unpaired) electrons. The molecule has 3 aromatic heterocycles. The van der Waals surface area contributed by atoms with E-state index in [1.807, 2.05) is 6.92 Å². The van der Waals surface area contributed by atoms with E-state index in [4.69, 9.17) is 14.5 Å². The van der Waals surface area contributed by atoms with Gasteiger partial charge in [-0.05, 0) is 43.7 Å². The molecule has 0 saturated carbocycles. The average molecular weight is 414 g/mol. The van der Waals surface area contributed by atoms with Crippen LogP contribution in [0.5, 0.6) is 0 Å². The van der Waals surface area contributed by atoms with E-state index in [1.165, 1.54) is 28.8 Å². The molecule has 29 heavy (non-hydrogen) atoms. The fraction of sp³-hybridized carbons (Fsp3) is 0.571. The van der Waals surface area contributed by atoms with Crippen LogP contribution < -0.4 is 10.2 Å². The molecule has 0 spiro atoms. The van der Waals surface area contributed by atoms with Gasteiger partial charge >= 0.3 is 0 Å². The molecule has 7 nitrogen and oxygen atoms in total. The number of aryl methyl sites for hydroxylation is 1. The number of aromatic nitrogens is 3. The smallest absolute Gasteiger partial charge is 0.147 e. The van der Waals surface area contributed by atoms with Crippen LogP contribution in [0.15, 0.2) is 6.33 Å². The van der Waals surface area contributed by atoms with Crippen molar-refractivity contribution in [2.45, 2.75) is 32.6 Å². The molecule has 4 heterocycles. The van der Waals surface area contributed by atoms with Crippen LogP contribution in [0.4, 0.5) is 11.6 Å². The van der Waals surface area contributed by atoms with E-state index in [2.05, 4.69) is 20.2 Å². The van der Waals surface area contributed by atoms with Crippen LogP contribution >= 0.6 is 11.3 Å². The largest absolute Gasteiger partial charge is 0.382 e. The van der Waals surface area contributed by atoms with Crippen LogP contribution in [0.3, 0.4) is 0 Å². The number of nitrogens with zero attached hydrogens (tertiary/aromatic N) is 4. The molecule has 8 heteroatoms.